The van der Waals surface area contributed by atoms with Crippen molar-refractivity contribution in [2.75, 3.05) is 31.4 Å². The summed E-state index contributed by atoms with van der Waals surface area (Å²) in [6, 6.07) is 1.57. The molecule has 0 aliphatic carbocycles. The number of hydrazine groups is 1. The summed E-state index contributed by atoms with van der Waals surface area (Å²) in [5.41, 5.74) is 9.61. The summed E-state index contributed by atoms with van der Waals surface area (Å²) in [6.07, 6.45) is 5.07. The molecular weight excluding hydrogens is 232 g/mol. The second kappa shape index (κ2) is 5.68. The summed E-state index contributed by atoms with van der Waals surface area (Å²) >= 11 is 0. The second-order valence-electron chi connectivity index (χ2n) is 4.32. The number of rotatable bonds is 3. The molecule has 18 heavy (non-hydrogen) atoms. The number of nitrogens with zero attached hydrogens (tertiary/aromatic N) is 2. The van der Waals surface area contributed by atoms with Crippen LogP contribution in [0.5, 0.6) is 0 Å². The standard InChI is InChI=1S/C12H18N4O2/c1-18-12(17)10-7-9(13)8-14-11(10)15-16-5-3-2-4-6-16/h7-8H,2-6,13H2,1H3,(H,14,15). The normalized spacial score (nSPS) is 16.3. The van der Waals surface area contributed by atoms with Crippen LogP contribution >= 0.6 is 0 Å². The lowest BCUT2D eigenvalue weighted by Crippen LogP contribution is -2.35. The van der Waals surface area contributed by atoms with E-state index in [1.54, 1.807) is 6.07 Å². The maximum Gasteiger partial charge on any atom is 0.341 e. The molecule has 1 saturated heterocycles. The predicted octanol–water partition coefficient (Wildman–Crippen LogP) is 1.26. The summed E-state index contributed by atoms with van der Waals surface area (Å²) in [5, 5.41) is 2.06. The number of hydrogen-bond donors (Lipinski definition) is 2. The zero-order chi connectivity index (χ0) is 13.0. The van der Waals surface area contributed by atoms with Gasteiger partial charge in [0, 0.05) is 13.1 Å². The number of anilines is 2. The van der Waals surface area contributed by atoms with Gasteiger partial charge in [0.15, 0.2) is 5.82 Å². The highest BCUT2D eigenvalue weighted by molar-refractivity contribution is 5.95. The molecule has 3 N–H and O–H groups in total. The van der Waals surface area contributed by atoms with Crippen molar-refractivity contribution in [3.05, 3.63) is 17.8 Å². The number of piperidine rings is 1. The molecule has 0 spiro atoms. The second-order valence-corrected chi connectivity index (χ2v) is 4.32. The van der Waals surface area contributed by atoms with Crippen molar-refractivity contribution >= 4 is 17.5 Å². The Bertz CT molecular complexity index is 430. The van der Waals surface area contributed by atoms with Crippen LogP contribution in [0.2, 0.25) is 0 Å². The molecule has 98 valence electrons. The van der Waals surface area contributed by atoms with Gasteiger partial charge in [0.25, 0.3) is 0 Å². The van der Waals surface area contributed by atoms with Gasteiger partial charge in [0.2, 0.25) is 0 Å². The largest absolute Gasteiger partial charge is 0.465 e. The topological polar surface area (TPSA) is 80.5 Å². The van der Waals surface area contributed by atoms with E-state index in [4.69, 9.17) is 10.5 Å². The van der Waals surface area contributed by atoms with Crippen LogP contribution in [0.3, 0.4) is 0 Å². The van der Waals surface area contributed by atoms with E-state index in [1.165, 1.54) is 19.7 Å². The molecule has 6 heteroatoms. The summed E-state index contributed by atoms with van der Waals surface area (Å²) in [6.45, 7) is 1.90. The lowest BCUT2D eigenvalue weighted by Gasteiger charge is -2.27. The highest BCUT2D eigenvalue weighted by Gasteiger charge is 2.17. The van der Waals surface area contributed by atoms with Crippen molar-refractivity contribution in [1.82, 2.24) is 9.99 Å². The van der Waals surface area contributed by atoms with E-state index in [-0.39, 0.29) is 0 Å². The van der Waals surface area contributed by atoms with Gasteiger partial charge in [-0.05, 0) is 18.9 Å². The van der Waals surface area contributed by atoms with Gasteiger partial charge < -0.3 is 15.9 Å². The van der Waals surface area contributed by atoms with Gasteiger partial charge in [0.05, 0.1) is 19.0 Å². The van der Waals surface area contributed by atoms with Crippen LogP contribution in [0.1, 0.15) is 29.6 Å². The number of hydrogen-bond acceptors (Lipinski definition) is 6. The molecule has 2 rings (SSSR count). The Labute approximate surface area is 106 Å². The van der Waals surface area contributed by atoms with Gasteiger partial charge >= 0.3 is 5.97 Å². The molecular formula is C12H18N4O2. The highest BCUT2D eigenvalue weighted by atomic mass is 16.5. The number of nitrogen functional groups attached to an aromatic ring is 1. The van der Waals surface area contributed by atoms with Crippen LogP contribution in [0, 0.1) is 0 Å². The van der Waals surface area contributed by atoms with Crippen LogP contribution in [0.4, 0.5) is 11.5 Å². The molecule has 1 aliphatic rings. The van der Waals surface area contributed by atoms with E-state index in [0.29, 0.717) is 17.1 Å². The van der Waals surface area contributed by atoms with Gasteiger partial charge in [-0.3, -0.25) is 0 Å². The Morgan fingerprint density at radius 1 is 1.44 bits per heavy atom. The Kier molecular flexibility index (Phi) is 3.99. The maximum absolute atomic E-state index is 11.7. The minimum absolute atomic E-state index is 0.364. The summed E-state index contributed by atoms with van der Waals surface area (Å²) in [7, 11) is 1.34. The molecule has 1 aromatic heterocycles. The number of carbonyl (C=O) groups is 1. The van der Waals surface area contributed by atoms with E-state index >= 15 is 0 Å². The van der Waals surface area contributed by atoms with E-state index in [0.717, 1.165) is 25.9 Å². The number of ether oxygens (including phenoxy) is 1. The lowest BCUT2D eigenvalue weighted by atomic mass is 10.2. The number of pyridine rings is 1. The first-order valence-electron chi connectivity index (χ1n) is 6.06. The van der Waals surface area contributed by atoms with Gasteiger partial charge in [-0.1, -0.05) is 6.42 Å². The van der Waals surface area contributed by atoms with Gasteiger partial charge in [-0.25, -0.2) is 14.8 Å². The van der Waals surface area contributed by atoms with E-state index in [2.05, 4.69) is 15.4 Å². The zero-order valence-corrected chi connectivity index (χ0v) is 10.5. The quantitative estimate of drug-likeness (QED) is 0.786. The number of nitrogens with two attached hydrogens (primary N) is 1. The first kappa shape index (κ1) is 12.6. The first-order valence-corrected chi connectivity index (χ1v) is 6.06. The first-order chi connectivity index (χ1) is 8.70. The average molecular weight is 250 g/mol. The lowest BCUT2D eigenvalue weighted by molar-refractivity contribution is 0.0601. The van der Waals surface area contributed by atoms with Crippen LogP contribution in [0.15, 0.2) is 12.3 Å². The number of nitrogens with one attached hydrogen (secondary N) is 1. The Morgan fingerprint density at radius 3 is 2.83 bits per heavy atom. The number of esters is 1. The molecule has 0 aromatic carbocycles. The number of aromatic nitrogens is 1. The minimum atomic E-state index is -0.436. The molecule has 1 fully saturated rings. The molecule has 1 aliphatic heterocycles. The van der Waals surface area contributed by atoms with Crippen LogP contribution in [-0.2, 0) is 4.74 Å². The van der Waals surface area contributed by atoms with Crippen molar-refractivity contribution in [2.24, 2.45) is 0 Å². The monoisotopic (exact) mass is 250 g/mol. The molecule has 0 atom stereocenters. The van der Waals surface area contributed by atoms with Crippen molar-refractivity contribution in [2.45, 2.75) is 19.3 Å². The fourth-order valence-corrected chi connectivity index (χ4v) is 1.99. The molecule has 6 nitrogen and oxygen atoms in total. The van der Waals surface area contributed by atoms with Crippen molar-refractivity contribution < 1.29 is 9.53 Å². The van der Waals surface area contributed by atoms with Crippen molar-refractivity contribution in [3.8, 4) is 0 Å². The average Bonchev–Trinajstić information content (AvgIpc) is 2.41. The van der Waals surface area contributed by atoms with Gasteiger partial charge in [-0.2, -0.15) is 0 Å². The highest BCUT2D eigenvalue weighted by Crippen LogP contribution is 2.18. The summed E-state index contributed by atoms with van der Waals surface area (Å²) in [5.74, 6) is 0.0623. The van der Waals surface area contributed by atoms with Crippen LogP contribution < -0.4 is 11.2 Å². The van der Waals surface area contributed by atoms with E-state index < -0.39 is 5.97 Å². The SMILES string of the molecule is COC(=O)c1cc(N)cnc1NN1CCCCC1. The Hall–Kier alpha value is -1.82. The smallest absolute Gasteiger partial charge is 0.341 e. The maximum atomic E-state index is 11.7. The molecule has 0 radical (unpaired) electrons. The number of carbonyl (C=O) groups excluding carboxylic acids is 1. The molecule has 1 aromatic rings. The minimum Gasteiger partial charge on any atom is -0.465 e. The van der Waals surface area contributed by atoms with Gasteiger partial charge in [-0.15, -0.1) is 0 Å². The summed E-state index contributed by atoms with van der Waals surface area (Å²) in [4.78, 5) is 15.8. The third kappa shape index (κ3) is 2.89. The molecule has 2 heterocycles. The summed E-state index contributed by atoms with van der Waals surface area (Å²) < 4.78 is 4.73. The van der Waals surface area contributed by atoms with E-state index in [1.807, 2.05) is 0 Å². The molecule has 0 saturated carbocycles. The molecule has 0 amide bonds. The van der Waals surface area contributed by atoms with E-state index in [9.17, 15) is 4.79 Å². The fraction of sp³-hybridized carbons (Fsp3) is 0.500. The number of methoxy groups -OCH3 is 1. The molecule has 0 bridgehead atoms. The van der Waals surface area contributed by atoms with Gasteiger partial charge in [0.1, 0.15) is 5.56 Å². The zero-order valence-electron chi connectivity index (χ0n) is 10.5. The Morgan fingerprint density at radius 2 is 2.17 bits per heavy atom. The third-order valence-corrected chi connectivity index (χ3v) is 2.93. The van der Waals surface area contributed by atoms with Crippen LogP contribution in [-0.4, -0.2) is 36.2 Å². The predicted molar refractivity (Wildman–Crippen MR) is 69.0 cm³/mol. The Balaban J connectivity index is 2.17. The van der Waals surface area contributed by atoms with Crippen LogP contribution in [0.25, 0.3) is 0 Å². The van der Waals surface area contributed by atoms with Crippen molar-refractivity contribution in [1.29, 1.82) is 0 Å². The third-order valence-electron chi connectivity index (χ3n) is 2.93. The molecule has 0 unspecified atom stereocenters. The fourth-order valence-electron chi connectivity index (χ4n) is 1.99. The van der Waals surface area contributed by atoms with Crippen molar-refractivity contribution in [3.63, 3.8) is 0 Å².